The normalized spacial score (nSPS) is 26.9. The Morgan fingerprint density at radius 2 is 2.09 bits per heavy atom. The minimum atomic E-state index is 0.0254. The zero-order chi connectivity index (χ0) is 15.4. The van der Waals surface area contributed by atoms with Gasteiger partial charge < -0.3 is 9.47 Å². The molecule has 2 aliphatic rings. The standard InChI is InChI=1S/C20H26O2/c1-20(2)17(12-11-16-8-4-3-5-9-16)14-18(20)15-22-19-10-6-7-13-21-19/h3-5,8-9,11,18-19H,6-7,10,13-15H2,1-2H3. The molecule has 3 rings (SSSR count). The van der Waals surface area contributed by atoms with Crippen LogP contribution in [0.4, 0.5) is 0 Å². The smallest absolute Gasteiger partial charge is 0.157 e. The zero-order valence-electron chi connectivity index (χ0n) is 13.7. The molecule has 2 unspecified atom stereocenters. The molecular weight excluding hydrogens is 272 g/mol. The van der Waals surface area contributed by atoms with E-state index in [-0.39, 0.29) is 11.7 Å². The van der Waals surface area contributed by atoms with Crippen LogP contribution < -0.4 is 0 Å². The van der Waals surface area contributed by atoms with Crippen molar-refractivity contribution in [3.63, 3.8) is 0 Å². The van der Waals surface area contributed by atoms with Crippen molar-refractivity contribution in [3.05, 3.63) is 47.2 Å². The number of rotatable bonds is 4. The number of allylic oxidation sites excluding steroid dienone is 1. The van der Waals surface area contributed by atoms with Gasteiger partial charge in [0.25, 0.3) is 0 Å². The molecule has 2 atom stereocenters. The summed E-state index contributed by atoms with van der Waals surface area (Å²) in [6.07, 6.45) is 6.65. The zero-order valence-corrected chi connectivity index (χ0v) is 13.7. The van der Waals surface area contributed by atoms with Crippen molar-refractivity contribution in [1.82, 2.24) is 0 Å². The predicted octanol–water partition coefficient (Wildman–Crippen LogP) is 4.81. The molecule has 22 heavy (non-hydrogen) atoms. The van der Waals surface area contributed by atoms with Gasteiger partial charge in [-0.2, -0.15) is 0 Å². The molecule has 1 heterocycles. The van der Waals surface area contributed by atoms with E-state index in [0.717, 1.165) is 26.1 Å². The van der Waals surface area contributed by atoms with E-state index in [4.69, 9.17) is 9.47 Å². The lowest BCUT2D eigenvalue weighted by molar-refractivity contribution is -0.177. The Balaban J connectivity index is 1.56. The van der Waals surface area contributed by atoms with Gasteiger partial charge in [0.05, 0.1) is 6.61 Å². The van der Waals surface area contributed by atoms with E-state index >= 15 is 0 Å². The van der Waals surface area contributed by atoms with Crippen molar-refractivity contribution in [2.75, 3.05) is 13.2 Å². The van der Waals surface area contributed by atoms with Crippen molar-refractivity contribution in [2.24, 2.45) is 11.3 Å². The summed E-state index contributed by atoms with van der Waals surface area (Å²) >= 11 is 0. The summed E-state index contributed by atoms with van der Waals surface area (Å²) in [6, 6.07) is 10.4. The molecule has 0 amide bonds. The van der Waals surface area contributed by atoms with E-state index in [1.807, 2.05) is 6.07 Å². The maximum atomic E-state index is 5.96. The molecule has 1 aromatic carbocycles. The molecule has 2 nitrogen and oxygen atoms in total. The Kier molecular flexibility index (Phi) is 4.83. The van der Waals surface area contributed by atoms with Gasteiger partial charge in [-0.05, 0) is 54.2 Å². The van der Waals surface area contributed by atoms with Crippen molar-refractivity contribution in [2.45, 2.75) is 45.8 Å². The minimum Gasteiger partial charge on any atom is -0.353 e. The van der Waals surface area contributed by atoms with Gasteiger partial charge in [-0.25, -0.2) is 0 Å². The fraction of sp³-hybridized carbons (Fsp3) is 0.550. The Hall–Kier alpha value is -1.34. The van der Waals surface area contributed by atoms with Gasteiger partial charge in [0, 0.05) is 6.61 Å². The lowest BCUT2D eigenvalue weighted by Gasteiger charge is -2.46. The predicted molar refractivity (Wildman–Crippen MR) is 89.4 cm³/mol. The van der Waals surface area contributed by atoms with Crippen LogP contribution in [-0.4, -0.2) is 19.5 Å². The second kappa shape index (κ2) is 6.83. The molecule has 118 valence electrons. The molecule has 2 heteroatoms. The molecule has 1 aromatic rings. The number of ether oxygens (including phenoxy) is 2. The summed E-state index contributed by atoms with van der Waals surface area (Å²) in [7, 11) is 0. The van der Waals surface area contributed by atoms with Gasteiger partial charge in [-0.3, -0.25) is 0 Å². The minimum absolute atomic E-state index is 0.0254. The fourth-order valence-electron chi connectivity index (χ4n) is 3.18. The topological polar surface area (TPSA) is 18.5 Å². The molecule has 0 N–H and O–H groups in total. The van der Waals surface area contributed by atoms with Crippen LogP contribution in [0.5, 0.6) is 0 Å². The SMILES string of the molecule is CC1(C)C(=C=Cc2ccccc2)CC1COC1CCCCO1. The quantitative estimate of drug-likeness (QED) is 0.742. The van der Waals surface area contributed by atoms with Gasteiger partial charge in [0.2, 0.25) is 0 Å². The van der Waals surface area contributed by atoms with Gasteiger partial charge >= 0.3 is 0 Å². The summed E-state index contributed by atoms with van der Waals surface area (Å²) in [5, 5.41) is 0. The Morgan fingerprint density at radius 3 is 2.77 bits per heavy atom. The van der Waals surface area contributed by atoms with Crippen molar-refractivity contribution in [3.8, 4) is 0 Å². The highest BCUT2D eigenvalue weighted by atomic mass is 16.7. The molecule has 0 spiro atoms. The monoisotopic (exact) mass is 298 g/mol. The average molecular weight is 298 g/mol. The summed E-state index contributed by atoms with van der Waals surface area (Å²) in [6.45, 7) is 6.25. The molecule has 1 aliphatic carbocycles. The van der Waals surface area contributed by atoms with E-state index < -0.39 is 0 Å². The van der Waals surface area contributed by atoms with Crippen molar-refractivity contribution < 1.29 is 9.47 Å². The van der Waals surface area contributed by atoms with E-state index in [1.165, 1.54) is 24.0 Å². The van der Waals surface area contributed by atoms with Gasteiger partial charge in [0.1, 0.15) is 0 Å². The molecule has 0 radical (unpaired) electrons. The van der Waals surface area contributed by atoms with Gasteiger partial charge in [-0.15, -0.1) is 5.73 Å². The molecular formula is C20H26O2. The van der Waals surface area contributed by atoms with Crippen molar-refractivity contribution >= 4 is 6.08 Å². The van der Waals surface area contributed by atoms with Crippen LogP contribution in [0, 0.1) is 11.3 Å². The molecule has 1 saturated heterocycles. The highest BCUT2D eigenvalue weighted by Crippen LogP contribution is 2.50. The van der Waals surface area contributed by atoms with Crippen LogP contribution in [0.2, 0.25) is 0 Å². The summed E-state index contributed by atoms with van der Waals surface area (Å²) < 4.78 is 11.6. The molecule has 1 aliphatic heterocycles. The Labute approximate surface area is 133 Å². The van der Waals surface area contributed by atoms with E-state index in [1.54, 1.807) is 0 Å². The van der Waals surface area contributed by atoms with Crippen LogP contribution in [-0.2, 0) is 9.47 Å². The van der Waals surface area contributed by atoms with Gasteiger partial charge in [0.15, 0.2) is 6.29 Å². The highest BCUT2D eigenvalue weighted by molar-refractivity contribution is 5.50. The van der Waals surface area contributed by atoms with Crippen LogP contribution in [0.15, 0.2) is 41.6 Å². The second-order valence-electron chi connectivity index (χ2n) is 6.93. The van der Waals surface area contributed by atoms with Crippen LogP contribution in [0.3, 0.4) is 0 Å². The van der Waals surface area contributed by atoms with E-state index in [2.05, 4.69) is 49.9 Å². The summed E-state index contributed by atoms with van der Waals surface area (Å²) in [5.41, 5.74) is 6.29. The maximum absolute atomic E-state index is 5.96. The van der Waals surface area contributed by atoms with Gasteiger partial charge in [-0.1, -0.05) is 44.2 Å². The first-order chi connectivity index (χ1) is 10.7. The first kappa shape index (κ1) is 15.6. The fourth-order valence-corrected chi connectivity index (χ4v) is 3.18. The lowest BCUT2D eigenvalue weighted by Crippen LogP contribution is -2.41. The molecule has 1 saturated carbocycles. The van der Waals surface area contributed by atoms with Crippen molar-refractivity contribution in [1.29, 1.82) is 0 Å². The third-order valence-electron chi connectivity index (χ3n) is 5.08. The Bertz CT molecular complexity index is 546. The first-order valence-electron chi connectivity index (χ1n) is 8.40. The van der Waals surface area contributed by atoms with E-state index in [0.29, 0.717) is 5.92 Å². The average Bonchev–Trinajstić information content (AvgIpc) is 2.55. The first-order valence-corrected chi connectivity index (χ1v) is 8.40. The highest BCUT2D eigenvalue weighted by Gasteiger charge is 2.43. The summed E-state index contributed by atoms with van der Waals surface area (Å²) in [5.74, 6) is 0.574. The number of hydrogen-bond donors (Lipinski definition) is 0. The molecule has 0 bridgehead atoms. The molecule has 0 aromatic heterocycles. The number of hydrogen-bond acceptors (Lipinski definition) is 2. The molecule has 2 fully saturated rings. The van der Waals surface area contributed by atoms with Crippen LogP contribution in [0.25, 0.3) is 6.08 Å². The summed E-state index contributed by atoms with van der Waals surface area (Å²) in [4.78, 5) is 0. The number of benzene rings is 1. The third kappa shape index (κ3) is 3.52. The van der Waals surface area contributed by atoms with E-state index in [9.17, 15) is 0 Å². The lowest BCUT2D eigenvalue weighted by atomic mass is 9.59. The van der Waals surface area contributed by atoms with Crippen LogP contribution >= 0.6 is 0 Å². The maximum Gasteiger partial charge on any atom is 0.157 e. The Morgan fingerprint density at radius 1 is 1.27 bits per heavy atom. The largest absolute Gasteiger partial charge is 0.353 e. The third-order valence-corrected chi connectivity index (χ3v) is 5.08. The second-order valence-corrected chi connectivity index (χ2v) is 6.93. The van der Waals surface area contributed by atoms with Crippen LogP contribution in [0.1, 0.15) is 45.1 Å².